The van der Waals surface area contributed by atoms with Crippen molar-refractivity contribution in [3.8, 4) is 5.75 Å². The van der Waals surface area contributed by atoms with Crippen molar-refractivity contribution in [2.75, 3.05) is 7.05 Å². The fourth-order valence-corrected chi connectivity index (χ4v) is 4.84. The molecule has 1 atom stereocenters. The molecule has 31 heavy (non-hydrogen) atoms. The van der Waals surface area contributed by atoms with Gasteiger partial charge in [-0.3, -0.25) is 9.59 Å². The quantitative estimate of drug-likeness (QED) is 0.801. The Morgan fingerprint density at radius 2 is 1.90 bits per heavy atom. The highest BCUT2D eigenvalue weighted by atomic mass is 19.4. The molecule has 4 rings (SSSR count). The fraction of sp³-hybridized carbons (Fsp3) is 0.500. The lowest BCUT2D eigenvalue weighted by molar-refractivity contribution is -0.137. The average molecular weight is 435 g/mol. The van der Waals surface area contributed by atoms with Crippen LogP contribution in [-0.2, 0) is 24.6 Å². The zero-order chi connectivity index (χ0) is 22.6. The minimum Gasteiger partial charge on any atom is -0.501 e. The fourth-order valence-electron chi connectivity index (χ4n) is 4.84. The van der Waals surface area contributed by atoms with Crippen LogP contribution in [0.2, 0.25) is 0 Å². The molecule has 1 aromatic heterocycles. The SMILES string of the molecule is CC1Cn2c(CC3(c4cccc(C(F)(F)F)c4)CCCC3)nc(=O)c(O)c2C(=O)N1C. The van der Waals surface area contributed by atoms with Crippen molar-refractivity contribution in [2.24, 2.45) is 0 Å². The monoisotopic (exact) mass is 435 g/mol. The summed E-state index contributed by atoms with van der Waals surface area (Å²) >= 11 is 0. The largest absolute Gasteiger partial charge is 0.501 e. The van der Waals surface area contributed by atoms with E-state index in [0.29, 0.717) is 30.8 Å². The summed E-state index contributed by atoms with van der Waals surface area (Å²) in [6.45, 7) is 2.18. The molecule has 1 saturated carbocycles. The van der Waals surface area contributed by atoms with Crippen LogP contribution in [0.25, 0.3) is 0 Å². The molecule has 1 amide bonds. The molecule has 1 aliphatic heterocycles. The van der Waals surface area contributed by atoms with Gasteiger partial charge in [-0.15, -0.1) is 0 Å². The molecule has 166 valence electrons. The van der Waals surface area contributed by atoms with E-state index in [-0.39, 0.29) is 18.2 Å². The van der Waals surface area contributed by atoms with Crippen molar-refractivity contribution in [3.05, 3.63) is 57.3 Å². The lowest BCUT2D eigenvalue weighted by atomic mass is 9.75. The van der Waals surface area contributed by atoms with Crippen LogP contribution in [0.15, 0.2) is 29.1 Å². The van der Waals surface area contributed by atoms with Gasteiger partial charge in [0.25, 0.3) is 5.91 Å². The Balaban J connectivity index is 1.83. The summed E-state index contributed by atoms with van der Waals surface area (Å²) in [5.74, 6) is -0.839. The van der Waals surface area contributed by atoms with E-state index in [0.717, 1.165) is 18.9 Å². The first-order valence-electron chi connectivity index (χ1n) is 10.3. The van der Waals surface area contributed by atoms with E-state index in [1.807, 2.05) is 6.92 Å². The number of hydrogen-bond donors (Lipinski definition) is 1. The Morgan fingerprint density at radius 1 is 1.23 bits per heavy atom. The average Bonchev–Trinajstić information content (AvgIpc) is 3.19. The molecular formula is C22H24F3N3O3. The van der Waals surface area contributed by atoms with Gasteiger partial charge in [-0.05, 0) is 31.4 Å². The van der Waals surface area contributed by atoms with E-state index in [9.17, 15) is 27.9 Å². The van der Waals surface area contributed by atoms with Crippen LogP contribution < -0.4 is 5.56 Å². The molecule has 1 aliphatic carbocycles. The van der Waals surface area contributed by atoms with Gasteiger partial charge < -0.3 is 14.6 Å². The maximum absolute atomic E-state index is 13.3. The van der Waals surface area contributed by atoms with Gasteiger partial charge in [-0.2, -0.15) is 18.2 Å². The number of benzene rings is 1. The highest BCUT2D eigenvalue weighted by molar-refractivity contribution is 5.95. The second-order valence-corrected chi connectivity index (χ2v) is 8.65. The summed E-state index contributed by atoms with van der Waals surface area (Å²) in [7, 11) is 1.60. The van der Waals surface area contributed by atoms with Gasteiger partial charge in [-0.1, -0.05) is 31.0 Å². The number of amides is 1. The molecule has 0 spiro atoms. The molecule has 1 N–H and O–H groups in total. The highest BCUT2D eigenvalue weighted by Crippen LogP contribution is 2.45. The van der Waals surface area contributed by atoms with E-state index < -0.39 is 34.4 Å². The predicted molar refractivity (Wildman–Crippen MR) is 107 cm³/mol. The number of alkyl halides is 3. The first-order valence-corrected chi connectivity index (χ1v) is 10.3. The number of likely N-dealkylation sites (N-methyl/N-ethyl adjacent to an activating group) is 1. The van der Waals surface area contributed by atoms with Crippen molar-refractivity contribution < 1.29 is 23.1 Å². The number of rotatable bonds is 3. The van der Waals surface area contributed by atoms with Crippen LogP contribution >= 0.6 is 0 Å². The van der Waals surface area contributed by atoms with Crippen LogP contribution in [0.3, 0.4) is 0 Å². The van der Waals surface area contributed by atoms with Crippen LogP contribution in [0.1, 0.15) is 60.0 Å². The molecule has 1 aromatic carbocycles. The Morgan fingerprint density at radius 3 is 2.55 bits per heavy atom. The summed E-state index contributed by atoms with van der Waals surface area (Å²) in [6.07, 6.45) is -1.21. The topological polar surface area (TPSA) is 75.4 Å². The van der Waals surface area contributed by atoms with Gasteiger partial charge in [0.1, 0.15) is 5.82 Å². The first kappa shape index (κ1) is 21.4. The molecule has 1 fully saturated rings. The Hall–Kier alpha value is -2.84. The molecule has 2 aliphatic rings. The molecule has 2 aromatic rings. The molecule has 2 heterocycles. The van der Waals surface area contributed by atoms with Gasteiger partial charge >= 0.3 is 11.7 Å². The number of fused-ring (bicyclic) bond motifs is 1. The van der Waals surface area contributed by atoms with Crippen LogP contribution in [-0.4, -0.2) is 38.6 Å². The Labute approximate surface area is 177 Å². The van der Waals surface area contributed by atoms with Crippen LogP contribution in [0.5, 0.6) is 5.75 Å². The zero-order valence-electron chi connectivity index (χ0n) is 17.4. The van der Waals surface area contributed by atoms with E-state index in [1.54, 1.807) is 17.7 Å². The third kappa shape index (κ3) is 3.59. The van der Waals surface area contributed by atoms with Crippen molar-refractivity contribution in [1.29, 1.82) is 0 Å². The van der Waals surface area contributed by atoms with Crippen molar-refractivity contribution in [1.82, 2.24) is 14.5 Å². The third-order valence-electron chi connectivity index (χ3n) is 6.73. The number of nitrogens with zero attached hydrogens (tertiary/aromatic N) is 3. The molecule has 9 heteroatoms. The minimum absolute atomic E-state index is 0.104. The standard InChI is InChI=1S/C22H24F3N3O3/c1-13-12-28-16(26-19(30)18(29)17(28)20(31)27(13)2)11-21(8-3-4-9-21)14-6-5-7-15(10-14)22(23,24)25/h5-7,10,13,29H,3-4,8-9,11-12H2,1-2H3. The zero-order valence-corrected chi connectivity index (χ0v) is 17.4. The van der Waals surface area contributed by atoms with Gasteiger partial charge in [0.05, 0.1) is 5.56 Å². The van der Waals surface area contributed by atoms with E-state index in [1.165, 1.54) is 17.0 Å². The third-order valence-corrected chi connectivity index (χ3v) is 6.73. The van der Waals surface area contributed by atoms with Gasteiger partial charge in [-0.25, -0.2) is 0 Å². The van der Waals surface area contributed by atoms with E-state index in [2.05, 4.69) is 4.98 Å². The first-order chi connectivity index (χ1) is 14.5. The number of hydrogen-bond acceptors (Lipinski definition) is 4. The second kappa shape index (κ2) is 7.39. The number of aromatic nitrogens is 2. The van der Waals surface area contributed by atoms with Crippen molar-refractivity contribution in [2.45, 2.75) is 63.2 Å². The van der Waals surface area contributed by atoms with Crippen molar-refractivity contribution in [3.63, 3.8) is 0 Å². The van der Waals surface area contributed by atoms with Crippen molar-refractivity contribution >= 4 is 5.91 Å². The molecule has 0 bridgehead atoms. The normalized spacial score (nSPS) is 20.7. The molecule has 0 saturated heterocycles. The van der Waals surface area contributed by atoms with E-state index >= 15 is 0 Å². The molecule has 6 nitrogen and oxygen atoms in total. The number of carbonyl (C=O) groups is 1. The van der Waals surface area contributed by atoms with E-state index in [4.69, 9.17) is 0 Å². The number of carbonyl (C=O) groups excluding carboxylic acids is 1. The molecule has 0 radical (unpaired) electrons. The number of halogens is 3. The van der Waals surface area contributed by atoms with Crippen LogP contribution in [0, 0.1) is 0 Å². The lowest BCUT2D eigenvalue weighted by Gasteiger charge is -2.36. The van der Waals surface area contributed by atoms with Gasteiger partial charge in [0, 0.05) is 31.5 Å². The molecular weight excluding hydrogens is 411 g/mol. The summed E-state index contributed by atoms with van der Waals surface area (Å²) in [4.78, 5) is 30.6. The summed E-state index contributed by atoms with van der Waals surface area (Å²) < 4.78 is 41.5. The maximum Gasteiger partial charge on any atom is 0.416 e. The predicted octanol–water partition coefficient (Wildman–Crippen LogP) is 3.50. The maximum atomic E-state index is 13.3. The number of aromatic hydroxyl groups is 1. The lowest BCUT2D eigenvalue weighted by Crippen LogP contribution is -2.47. The highest BCUT2D eigenvalue weighted by Gasteiger charge is 2.41. The summed E-state index contributed by atoms with van der Waals surface area (Å²) in [5, 5.41) is 10.2. The Bertz CT molecular complexity index is 1090. The minimum atomic E-state index is -4.45. The summed E-state index contributed by atoms with van der Waals surface area (Å²) in [6, 6.07) is 5.15. The smallest absolute Gasteiger partial charge is 0.416 e. The summed E-state index contributed by atoms with van der Waals surface area (Å²) in [5.41, 5.74) is -1.76. The van der Waals surface area contributed by atoms with Gasteiger partial charge in [0.15, 0.2) is 5.69 Å². The molecule has 1 unspecified atom stereocenters. The van der Waals surface area contributed by atoms with Gasteiger partial charge in [0.2, 0.25) is 5.75 Å². The Kier molecular flexibility index (Phi) is 5.10. The van der Waals surface area contributed by atoms with Crippen LogP contribution in [0.4, 0.5) is 13.2 Å². The second-order valence-electron chi connectivity index (χ2n) is 8.65.